The lowest BCUT2D eigenvalue weighted by Gasteiger charge is -2.29. The Kier molecular flexibility index (Phi) is 2.98. The molecule has 0 aliphatic carbocycles. The van der Waals surface area contributed by atoms with Crippen LogP contribution in [0.3, 0.4) is 0 Å². The third-order valence-corrected chi connectivity index (χ3v) is 5.15. The number of carbonyl (C=O) groups is 1. The van der Waals surface area contributed by atoms with Gasteiger partial charge in [0.25, 0.3) is 0 Å². The molecule has 19 heavy (non-hydrogen) atoms. The van der Waals surface area contributed by atoms with Gasteiger partial charge in [-0.25, -0.2) is 0 Å². The SMILES string of the molecule is CC1=CC2OC(=O)C(C)C2CCC2(C)OC1CC2O. The fourth-order valence-corrected chi connectivity index (χ4v) is 3.59. The van der Waals surface area contributed by atoms with E-state index in [4.69, 9.17) is 9.47 Å². The van der Waals surface area contributed by atoms with Gasteiger partial charge in [-0.1, -0.05) is 6.92 Å². The number of aliphatic hydroxyl groups excluding tert-OH is 1. The second-order valence-electron chi connectivity index (χ2n) is 6.47. The zero-order valence-corrected chi connectivity index (χ0v) is 11.8. The Labute approximate surface area is 113 Å². The van der Waals surface area contributed by atoms with Crippen molar-refractivity contribution in [2.75, 3.05) is 0 Å². The molecule has 3 aliphatic rings. The van der Waals surface area contributed by atoms with E-state index in [0.717, 1.165) is 18.4 Å². The maximum Gasteiger partial charge on any atom is 0.309 e. The molecule has 2 bridgehead atoms. The zero-order valence-electron chi connectivity index (χ0n) is 11.8. The standard InChI is InChI=1S/C15H22O4/c1-8-6-12-10(9(2)14(17)18-12)4-5-15(3)13(16)7-11(8)19-15/h6,9-13,16H,4-5,7H2,1-3H3. The molecule has 2 fully saturated rings. The van der Waals surface area contributed by atoms with E-state index in [1.165, 1.54) is 0 Å². The maximum absolute atomic E-state index is 11.7. The molecule has 4 heteroatoms. The topological polar surface area (TPSA) is 55.8 Å². The van der Waals surface area contributed by atoms with Crippen LogP contribution in [0.5, 0.6) is 0 Å². The quantitative estimate of drug-likeness (QED) is 0.536. The van der Waals surface area contributed by atoms with Gasteiger partial charge in [-0.15, -0.1) is 0 Å². The van der Waals surface area contributed by atoms with Crippen molar-refractivity contribution in [3.05, 3.63) is 11.6 Å². The molecule has 2 saturated heterocycles. The molecule has 0 aromatic carbocycles. The number of ether oxygens (including phenoxy) is 2. The number of esters is 1. The highest BCUT2D eigenvalue weighted by molar-refractivity contribution is 5.75. The number of aliphatic hydroxyl groups is 1. The molecule has 106 valence electrons. The molecule has 0 spiro atoms. The summed E-state index contributed by atoms with van der Waals surface area (Å²) in [7, 11) is 0. The Morgan fingerprint density at radius 3 is 2.95 bits per heavy atom. The van der Waals surface area contributed by atoms with Crippen LogP contribution in [0.2, 0.25) is 0 Å². The molecule has 0 saturated carbocycles. The van der Waals surface area contributed by atoms with E-state index in [2.05, 4.69) is 0 Å². The highest BCUT2D eigenvalue weighted by atomic mass is 16.6. The summed E-state index contributed by atoms with van der Waals surface area (Å²) in [5, 5.41) is 10.2. The lowest BCUT2D eigenvalue weighted by Crippen LogP contribution is -2.37. The van der Waals surface area contributed by atoms with E-state index in [9.17, 15) is 9.90 Å². The summed E-state index contributed by atoms with van der Waals surface area (Å²) in [6, 6.07) is 0. The van der Waals surface area contributed by atoms with E-state index in [-0.39, 0.29) is 30.0 Å². The third kappa shape index (κ3) is 2.01. The van der Waals surface area contributed by atoms with Gasteiger partial charge in [0.05, 0.1) is 23.7 Å². The van der Waals surface area contributed by atoms with Crippen LogP contribution in [0.1, 0.15) is 40.0 Å². The molecule has 3 heterocycles. The summed E-state index contributed by atoms with van der Waals surface area (Å²) in [5.41, 5.74) is 0.585. The first-order valence-electron chi connectivity index (χ1n) is 7.15. The van der Waals surface area contributed by atoms with Crippen molar-refractivity contribution in [1.29, 1.82) is 0 Å². The van der Waals surface area contributed by atoms with Crippen molar-refractivity contribution < 1.29 is 19.4 Å². The van der Waals surface area contributed by atoms with Crippen molar-refractivity contribution in [3.8, 4) is 0 Å². The van der Waals surface area contributed by atoms with Gasteiger partial charge in [0.2, 0.25) is 0 Å². The highest BCUT2D eigenvalue weighted by Crippen LogP contribution is 2.43. The Balaban J connectivity index is 1.93. The Hall–Kier alpha value is -0.870. The normalized spacial score (nSPS) is 49.8. The molecule has 6 unspecified atom stereocenters. The molecular weight excluding hydrogens is 244 g/mol. The number of fused-ring (bicyclic) bond motifs is 3. The summed E-state index contributed by atoms with van der Waals surface area (Å²) in [4.78, 5) is 11.7. The van der Waals surface area contributed by atoms with Crippen LogP contribution in [0.25, 0.3) is 0 Å². The van der Waals surface area contributed by atoms with Crippen LogP contribution in [0, 0.1) is 11.8 Å². The summed E-state index contributed by atoms with van der Waals surface area (Å²) < 4.78 is 11.5. The van der Waals surface area contributed by atoms with Crippen molar-refractivity contribution in [1.82, 2.24) is 0 Å². The van der Waals surface area contributed by atoms with Crippen molar-refractivity contribution in [2.45, 2.75) is 63.9 Å². The van der Waals surface area contributed by atoms with Crippen LogP contribution in [0.4, 0.5) is 0 Å². The van der Waals surface area contributed by atoms with E-state index in [1.807, 2.05) is 26.8 Å². The number of hydrogen-bond acceptors (Lipinski definition) is 4. The second kappa shape index (κ2) is 4.32. The molecule has 0 aromatic rings. The zero-order chi connectivity index (χ0) is 13.8. The first-order valence-corrected chi connectivity index (χ1v) is 7.15. The van der Waals surface area contributed by atoms with E-state index >= 15 is 0 Å². The molecule has 4 nitrogen and oxygen atoms in total. The minimum Gasteiger partial charge on any atom is -0.458 e. The van der Waals surface area contributed by atoms with Crippen LogP contribution in [-0.2, 0) is 14.3 Å². The van der Waals surface area contributed by atoms with Crippen molar-refractivity contribution >= 4 is 5.97 Å². The molecule has 3 rings (SSSR count). The van der Waals surface area contributed by atoms with Crippen LogP contribution in [-0.4, -0.2) is 35.0 Å². The molecule has 0 amide bonds. The van der Waals surface area contributed by atoms with E-state index in [0.29, 0.717) is 6.42 Å². The summed E-state index contributed by atoms with van der Waals surface area (Å²) in [6.07, 6.45) is 3.70. The molecule has 0 aromatic heterocycles. The maximum atomic E-state index is 11.7. The van der Waals surface area contributed by atoms with Gasteiger partial charge >= 0.3 is 5.97 Å². The molecular formula is C15H22O4. The predicted octanol–water partition coefficient (Wildman–Crippen LogP) is 1.81. The number of hydrogen-bond donors (Lipinski definition) is 1. The number of rotatable bonds is 0. The smallest absolute Gasteiger partial charge is 0.309 e. The summed E-state index contributed by atoms with van der Waals surface area (Å²) >= 11 is 0. The lowest BCUT2D eigenvalue weighted by atomic mass is 9.81. The summed E-state index contributed by atoms with van der Waals surface area (Å²) in [5.74, 6) is 0.0411. The average Bonchev–Trinajstić information content (AvgIpc) is 2.79. The van der Waals surface area contributed by atoms with Gasteiger partial charge in [-0.2, -0.15) is 0 Å². The van der Waals surface area contributed by atoms with Crippen molar-refractivity contribution in [2.24, 2.45) is 11.8 Å². The van der Waals surface area contributed by atoms with Gasteiger partial charge in [-0.3, -0.25) is 4.79 Å². The second-order valence-corrected chi connectivity index (χ2v) is 6.47. The van der Waals surface area contributed by atoms with Crippen molar-refractivity contribution in [3.63, 3.8) is 0 Å². The Morgan fingerprint density at radius 2 is 2.21 bits per heavy atom. The molecule has 3 aliphatic heterocycles. The fourth-order valence-electron chi connectivity index (χ4n) is 3.59. The highest BCUT2D eigenvalue weighted by Gasteiger charge is 2.49. The number of carbonyl (C=O) groups excluding carboxylic acids is 1. The first kappa shape index (κ1) is 13.1. The van der Waals surface area contributed by atoms with E-state index in [1.54, 1.807) is 0 Å². The van der Waals surface area contributed by atoms with Gasteiger partial charge < -0.3 is 14.6 Å². The molecule has 0 radical (unpaired) electrons. The fraction of sp³-hybridized carbons (Fsp3) is 0.800. The van der Waals surface area contributed by atoms with Gasteiger partial charge in [-0.05, 0) is 38.3 Å². The monoisotopic (exact) mass is 266 g/mol. The van der Waals surface area contributed by atoms with Crippen LogP contribution in [0.15, 0.2) is 11.6 Å². The Bertz CT molecular complexity index is 430. The predicted molar refractivity (Wildman–Crippen MR) is 69.4 cm³/mol. The first-order chi connectivity index (χ1) is 8.90. The van der Waals surface area contributed by atoms with Gasteiger partial charge in [0.1, 0.15) is 6.10 Å². The largest absolute Gasteiger partial charge is 0.458 e. The average molecular weight is 266 g/mol. The van der Waals surface area contributed by atoms with E-state index < -0.39 is 11.7 Å². The minimum atomic E-state index is -0.486. The van der Waals surface area contributed by atoms with Gasteiger partial charge in [0.15, 0.2) is 0 Å². The summed E-state index contributed by atoms with van der Waals surface area (Å²) in [6.45, 7) is 5.92. The Morgan fingerprint density at radius 1 is 1.47 bits per heavy atom. The molecule has 1 N–H and O–H groups in total. The van der Waals surface area contributed by atoms with Crippen LogP contribution < -0.4 is 0 Å². The molecule has 6 atom stereocenters. The third-order valence-electron chi connectivity index (χ3n) is 5.15. The van der Waals surface area contributed by atoms with Crippen LogP contribution >= 0.6 is 0 Å². The lowest BCUT2D eigenvalue weighted by molar-refractivity contribution is -0.142. The minimum absolute atomic E-state index is 0.0478. The van der Waals surface area contributed by atoms with Gasteiger partial charge in [0, 0.05) is 12.3 Å².